The molecule has 19 heavy (non-hydrogen) atoms. The van der Waals surface area contributed by atoms with Crippen LogP contribution in [0.25, 0.3) is 5.65 Å². The Morgan fingerprint density at radius 2 is 2.53 bits per heavy atom. The molecule has 2 N–H and O–H groups in total. The molecule has 0 spiro atoms. The van der Waals surface area contributed by atoms with Crippen molar-refractivity contribution in [1.82, 2.24) is 19.8 Å². The van der Waals surface area contributed by atoms with Gasteiger partial charge in [0.05, 0.1) is 6.61 Å². The van der Waals surface area contributed by atoms with Gasteiger partial charge in [0.1, 0.15) is 11.4 Å². The molecule has 8 nitrogen and oxygen atoms in total. The number of methoxy groups -OCH3 is 1. The van der Waals surface area contributed by atoms with Gasteiger partial charge in [0.15, 0.2) is 5.65 Å². The summed E-state index contributed by atoms with van der Waals surface area (Å²) >= 11 is 0. The third kappa shape index (κ3) is 2.20. The number of rotatable bonds is 4. The summed E-state index contributed by atoms with van der Waals surface area (Å²) in [5, 5.41) is 13.5. The third-order valence-electron chi connectivity index (χ3n) is 3.37. The van der Waals surface area contributed by atoms with E-state index in [1.807, 2.05) is 0 Å². The maximum atomic E-state index is 11.4. The van der Waals surface area contributed by atoms with Gasteiger partial charge in [-0.3, -0.25) is 0 Å². The molecule has 8 heteroatoms. The molecule has 2 aromatic heterocycles. The number of fused-ring (bicyclic) bond motifs is 1. The highest BCUT2D eigenvalue weighted by Gasteiger charge is 2.34. The lowest BCUT2D eigenvalue weighted by molar-refractivity contribution is -0.00626. The van der Waals surface area contributed by atoms with Crippen LogP contribution in [0.5, 0.6) is 0 Å². The van der Waals surface area contributed by atoms with Crippen molar-refractivity contribution in [1.29, 1.82) is 0 Å². The van der Waals surface area contributed by atoms with Crippen LogP contribution in [0.2, 0.25) is 0 Å². The van der Waals surface area contributed by atoms with E-state index in [9.17, 15) is 4.79 Å². The Morgan fingerprint density at radius 3 is 3.26 bits per heavy atom. The van der Waals surface area contributed by atoms with Crippen molar-refractivity contribution >= 4 is 11.5 Å². The number of hydrogen-bond acceptors (Lipinski definition) is 6. The van der Waals surface area contributed by atoms with Crippen LogP contribution >= 0.6 is 0 Å². The predicted octanol–water partition coefficient (Wildman–Crippen LogP) is -0.365. The van der Waals surface area contributed by atoms with Crippen LogP contribution in [0.4, 0.5) is 5.82 Å². The van der Waals surface area contributed by atoms with Crippen molar-refractivity contribution in [3.63, 3.8) is 0 Å². The van der Waals surface area contributed by atoms with E-state index in [2.05, 4.69) is 20.6 Å². The maximum Gasteiger partial charge on any atom is 0.364 e. The zero-order valence-electron chi connectivity index (χ0n) is 10.5. The summed E-state index contributed by atoms with van der Waals surface area (Å²) in [6, 6.07) is 3.49. The van der Waals surface area contributed by atoms with E-state index in [0.29, 0.717) is 31.2 Å². The van der Waals surface area contributed by atoms with Gasteiger partial charge in [-0.05, 0) is 12.1 Å². The summed E-state index contributed by atoms with van der Waals surface area (Å²) in [5.41, 5.74) is -0.191. The summed E-state index contributed by atoms with van der Waals surface area (Å²) in [5.74, 6) is 0.597. The standard InChI is InChI=1S/C11H15N5O3/c1-18-11(4-5-19-7-11)6-12-8-2-3-9-13-14-10(17)16(9)15-8/h2-3H,4-7H2,1H3,(H,12,15)(H,14,17). The SMILES string of the molecule is COC1(CNc2ccc3n[nH]c(=O)n3n2)CCOC1. The van der Waals surface area contributed by atoms with Gasteiger partial charge < -0.3 is 14.8 Å². The fraction of sp³-hybridized carbons (Fsp3) is 0.545. The van der Waals surface area contributed by atoms with Crippen molar-refractivity contribution in [2.24, 2.45) is 0 Å². The van der Waals surface area contributed by atoms with E-state index in [1.54, 1.807) is 19.2 Å². The highest BCUT2D eigenvalue weighted by molar-refractivity contribution is 5.43. The summed E-state index contributed by atoms with van der Waals surface area (Å²) in [6.45, 7) is 1.84. The van der Waals surface area contributed by atoms with E-state index in [-0.39, 0.29) is 11.3 Å². The van der Waals surface area contributed by atoms with E-state index in [4.69, 9.17) is 9.47 Å². The first-order valence-corrected chi connectivity index (χ1v) is 6.04. The topological polar surface area (TPSA) is 93.5 Å². The average Bonchev–Trinajstić information content (AvgIpc) is 3.05. The smallest absolute Gasteiger partial charge is 0.364 e. The molecular weight excluding hydrogens is 250 g/mol. The minimum Gasteiger partial charge on any atom is -0.378 e. The Labute approximate surface area is 108 Å². The van der Waals surface area contributed by atoms with Crippen LogP contribution in [0.3, 0.4) is 0 Å². The quantitative estimate of drug-likeness (QED) is 0.783. The Hall–Kier alpha value is -1.93. The number of ether oxygens (including phenoxy) is 2. The molecule has 0 aliphatic carbocycles. The first kappa shape index (κ1) is 12.1. The van der Waals surface area contributed by atoms with Crippen molar-refractivity contribution in [3.05, 3.63) is 22.6 Å². The predicted molar refractivity (Wildman–Crippen MR) is 67.3 cm³/mol. The van der Waals surface area contributed by atoms with Gasteiger partial charge in [-0.1, -0.05) is 0 Å². The molecule has 1 atom stereocenters. The van der Waals surface area contributed by atoms with Gasteiger partial charge in [-0.2, -0.15) is 9.61 Å². The molecule has 102 valence electrons. The molecule has 2 aromatic rings. The van der Waals surface area contributed by atoms with Crippen LogP contribution in [0.1, 0.15) is 6.42 Å². The lowest BCUT2D eigenvalue weighted by Gasteiger charge is -2.26. The second kappa shape index (κ2) is 4.63. The minimum absolute atomic E-state index is 0.321. The monoisotopic (exact) mass is 265 g/mol. The van der Waals surface area contributed by atoms with E-state index in [1.165, 1.54) is 4.52 Å². The second-order valence-electron chi connectivity index (χ2n) is 4.56. The van der Waals surface area contributed by atoms with Crippen LogP contribution in [-0.2, 0) is 9.47 Å². The van der Waals surface area contributed by atoms with Gasteiger partial charge in [-0.15, -0.1) is 5.10 Å². The summed E-state index contributed by atoms with van der Waals surface area (Å²) in [4.78, 5) is 11.4. The number of nitrogens with zero attached hydrogens (tertiary/aromatic N) is 3. The molecule has 1 aliphatic heterocycles. The maximum absolute atomic E-state index is 11.4. The molecule has 3 heterocycles. The number of aromatic amines is 1. The Balaban J connectivity index is 1.77. The molecule has 1 fully saturated rings. The molecular formula is C11H15N5O3. The van der Waals surface area contributed by atoms with Gasteiger partial charge >= 0.3 is 5.69 Å². The zero-order chi connectivity index (χ0) is 13.3. The average molecular weight is 265 g/mol. The van der Waals surface area contributed by atoms with E-state index in [0.717, 1.165) is 6.42 Å². The lowest BCUT2D eigenvalue weighted by atomic mass is 10.0. The number of hydrogen-bond donors (Lipinski definition) is 2. The normalized spacial score (nSPS) is 23.0. The largest absolute Gasteiger partial charge is 0.378 e. The van der Waals surface area contributed by atoms with E-state index < -0.39 is 0 Å². The Kier molecular flexibility index (Phi) is 2.96. The van der Waals surface area contributed by atoms with Crippen molar-refractivity contribution < 1.29 is 9.47 Å². The number of H-pyrrole nitrogens is 1. The fourth-order valence-electron chi connectivity index (χ4n) is 2.11. The Bertz CT molecular complexity index is 629. The summed E-state index contributed by atoms with van der Waals surface area (Å²) in [6.07, 6.45) is 0.838. The first-order chi connectivity index (χ1) is 9.22. The van der Waals surface area contributed by atoms with Gasteiger partial charge in [0.25, 0.3) is 0 Å². The second-order valence-corrected chi connectivity index (χ2v) is 4.56. The van der Waals surface area contributed by atoms with Gasteiger partial charge in [-0.25, -0.2) is 9.89 Å². The highest BCUT2D eigenvalue weighted by atomic mass is 16.5. The van der Waals surface area contributed by atoms with Gasteiger partial charge in [0, 0.05) is 26.7 Å². The summed E-state index contributed by atoms with van der Waals surface area (Å²) < 4.78 is 12.1. The highest BCUT2D eigenvalue weighted by Crippen LogP contribution is 2.22. The van der Waals surface area contributed by atoms with Crippen molar-refractivity contribution in [2.45, 2.75) is 12.0 Å². The molecule has 1 aliphatic rings. The molecule has 0 radical (unpaired) electrons. The molecule has 0 aromatic carbocycles. The van der Waals surface area contributed by atoms with E-state index >= 15 is 0 Å². The fourth-order valence-corrected chi connectivity index (χ4v) is 2.11. The molecule has 1 saturated heterocycles. The third-order valence-corrected chi connectivity index (χ3v) is 3.37. The van der Waals surface area contributed by atoms with Crippen molar-refractivity contribution in [2.75, 3.05) is 32.2 Å². The number of anilines is 1. The molecule has 0 amide bonds. The number of aromatic nitrogens is 4. The molecule has 3 rings (SSSR count). The van der Waals surface area contributed by atoms with Crippen LogP contribution in [0.15, 0.2) is 16.9 Å². The van der Waals surface area contributed by atoms with Crippen LogP contribution in [-0.4, -0.2) is 52.3 Å². The minimum atomic E-state index is -0.357. The van der Waals surface area contributed by atoms with Crippen molar-refractivity contribution in [3.8, 4) is 0 Å². The lowest BCUT2D eigenvalue weighted by Crippen LogP contribution is -2.39. The van der Waals surface area contributed by atoms with Crippen LogP contribution < -0.4 is 11.0 Å². The van der Waals surface area contributed by atoms with Gasteiger partial charge in [0.2, 0.25) is 0 Å². The van der Waals surface area contributed by atoms with Crippen LogP contribution in [0, 0.1) is 0 Å². The molecule has 0 bridgehead atoms. The number of nitrogens with one attached hydrogen (secondary N) is 2. The zero-order valence-corrected chi connectivity index (χ0v) is 10.5. The molecule has 1 unspecified atom stereocenters. The summed E-state index contributed by atoms with van der Waals surface area (Å²) in [7, 11) is 1.67. The Morgan fingerprint density at radius 1 is 1.63 bits per heavy atom. The first-order valence-electron chi connectivity index (χ1n) is 6.04. The molecule has 0 saturated carbocycles.